The van der Waals surface area contributed by atoms with Gasteiger partial charge in [-0.25, -0.2) is 4.39 Å². The highest BCUT2D eigenvalue weighted by molar-refractivity contribution is 5.92. The molecule has 3 rings (SSSR count). The first-order chi connectivity index (χ1) is 11.2. The van der Waals surface area contributed by atoms with Crippen LogP contribution in [0.1, 0.15) is 18.4 Å². The van der Waals surface area contributed by atoms with Gasteiger partial charge in [0.1, 0.15) is 5.82 Å². The van der Waals surface area contributed by atoms with Crippen LogP contribution in [0.2, 0.25) is 0 Å². The molecule has 4 heteroatoms. The van der Waals surface area contributed by atoms with Crippen LogP contribution in [0.5, 0.6) is 0 Å². The van der Waals surface area contributed by atoms with E-state index >= 15 is 0 Å². The molecule has 0 saturated carbocycles. The average Bonchev–Trinajstić information content (AvgIpc) is 2.56. The Labute approximate surface area is 136 Å². The lowest BCUT2D eigenvalue weighted by molar-refractivity contribution is -0.121. The number of benzene rings is 2. The second kappa shape index (κ2) is 7.38. The standard InChI is InChI=1S/C19H21FN2O/c20-17-8-4-6-15(12-17)13-22-11-5-7-16(14-22)19(23)21-18-9-2-1-3-10-18/h1-4,6,8-10,12,16H,5,7,11,13-14H2,(H,21,23). The number of rotatable bonds is 4. The van der Waals surface area contributed by atoms with E-state index < -0.39 is 0 Å². The van der Waals surface area contributed by atoms with Crippen LogP contribution in [0.4, 0.5) is 10.1 Å². The van der Waals surface area contributed by atoms with Gasteiger partial charge in [0.05, 0.1) is 5.92 Å². The van der Waals surface area contributed by atoms with Gasteiger partial charge < -0.3 is 5.32 Å². The van der Waals surface area contributed by atoms with E-state index in [0.29, 0.717) is 6.54 Å². The van der Waals surface area contributed by atoms with Gasteiger partial charge in [-0.1, -0.05) is 30.3 Å². The lowest BCUT2D eigenvalue weighted by Gasteiger charge is -2.32. The van der Waals surface area contributed by atoms with Gasteiger partial charge in [0, 0.05) is 18.8 Å². The molecule has 120 valence electrons. The Balaban J connectivity index is 1.58. The van der Waals surface area contributed by atoms with Crippen molar-refractivity contribution in [3.63, 3.8) is 0 Å². The number of piperidine rings is 1. The third-order valence-corrected chi connectivity index (χ3v) is 4.21. The fourth-order valence-electron chi connectivity index (χ4n) is 3.07. The molecule has 0 aromatic heterocycles. The quantitative estimate of drug-likeness (QED) is 0.934. The molecule has 1 amide bonds. The van der Waals surface area contributed by atoms with Crippen molar-refractivity contribution in [3.05, 3.63) is 66.0 Å². The van der Waals surface area contributed by atoms with Crippen LogP contribution < -0.4 is 5.32 Å². The number of para-hydroxylation sites is 1. The van der Waals surface area contributed by atoms with Crippen molar-refractivity contribution >= 4 is 11.6 Å². The first-order valence-electron chi connectivity index (χ1n) is 8.03. The highest BCUT2D eigenvalue weighted by Crippen LogP contribution is 2.20. The molecule has 1 saturated heterocycles. The van der Waals surface area contributed by atoms with Crippen LogP contribution in [0.3, 0.4) is 0 Å². The molecule has 3 nitrogen and oxygen atoms in total. The predicted molar refractivity (Wildman–Crippen MR) is 89.5 cm³/mol. The van der Waals surface area contributed by atoms with Gasteiger partial charge in [-0.3, -0.25) is 9.69 Å². The molecule has 1 N–H and O–H groups in total. The van der Waals surface area contributed by atoms with Crippen molar-refractivity contribution in [2.45, 2.75) is 19.4 Å². The molecule has 1 fully saturated rings. The Morgan fingerprint density at radius 1 is 1.17 bits per heavy atom. The number of carbonyl (C=O) groups is 1. The van der Waals surface area contributed by atoms with Gasteiger partial charge in [0.15, 0.2) is 0 Å². The number of nitrogens with one attached hydrogen (secondary N) is 1. The topological polar surface area (TPSA) is 32.3 Å². The number of hydrogen-bond donors (Lipinski definition) is 1. The van der Waals surface area contributed by atoms with E-state index in [1.54, 1.807) is 12.1 Å². The minimum Gasteiger partial charge on any atom is -0.326 e. The Kier molecular flexibility index (Phi) is 5.03. The molecule has 1 aliphatic rings. The van der Waals surface area contributed by atoms with E-state index in [1.165, 1.54) is 6.07 Å². The first kappa shape index (κ1) is 15.7. The molecular weight excluding hydrogens is 291 g/mol. The molecule has 2 aromatic carbocycles. The fourth-order valence-corrected chi connectivity index (χ4v) is 3.07. The molecule has 0 bridgehead atoms. The Bertz CT molecular complexity index is 659. The first-order valence-corrected chi connectivity index (χ1v) is 8.03. The fraction of sp³-hybridized carbons (Fsp3) is 0.316. The SMILES string of the molecule is O=C(Nc1ccccc1)C1CCCN(Cc2cccc(F)c2)C1. The van der Waals surface area contributed by atoms with Gasteiger partial charge in [-0.05, 0) is 49.2 Å². The van der Waals surface area contributed by atoms with E-state index in [4.69, 9.17) is 0 Å². The van der Waals surface area contributed by atoms with E-state index in [9.17, 15) is 9.18 Å². The summed E-state index contributed by atoms with van der Waals surface area (Å²) in [6.45, 7) is 2.35. The van der Waals surface area contributed by atoms with Crippen LogP contribution in [0.25, 0.3) is 0 Å². The van der Waals surface area contributed by atoms with Crippen molar-refractivity contribution in [1.82, 2.24) is 4.90 Å². The van der Waals surface area contributed by atoms with Crippen LogP contribution >= 0.6 is 0 Å². The third-order valence-electron chi connectivity index (χ3n) is 4.21. The summed E-state index contributed by atoms with van der Waals surface area (Å²) in [5.41, 5.74) is 1.79. The summed E-state index contributed by atoms with van der Waals surface area (Å²) < 4.78 is 13.3. The van der Waals surface area contributed by atoms with Crippen molar-refractivity contribution < 1.29 is 9.18 Å². The zero-order valence-electron chi connectivity index (χ0n) is 13.0. The number of anilines is 1. The van der Waals surface area contributed by atoms with Gasteiger partial charge in [0.2, 0.25) is 5.91 Å². The number of nitrogens with zero attached hydrogens (tertiary/aromatic N) is 1. The smallest absolute Gasteiger partial charge is 0.228 e. The predicted octanol–water partition coefficient (Wildman–Crippen LogP) is 3.68. The molecule has 0 radical (unpaired) electrons. The van der Waals surface area contributed by atoms with Crippen LogP contribution in [0.15, 0.2) is 54.6 Å². The van der Waals surface area contributed by atoms with Gasteiger partial charge in [-0.2, -0.15) is 0 Å². The lowest BCUT2D eigenvalue weighted by Crippen LogP contribution is -2.40. The van der Waals surface area contributed by atoms with Gasteiger partial charge in [-0.15, -0.1) is 0 Å². The Morgan fingerprint density at radius 3 is 2.78 bits per heavy atom. The zero-order chi connectivity index (χ0) is 16.1. The average molecular weight is 312 g/mol. The normalized spacial score (nSPS) is 18.6. The Morgan fingerprint density at radius 2 is 2.00 bits per heavy atom. The second-order valence-corrected chi connectivity index (χ2v) is 6.06. The molecule has 1 atom stereocenters. The van der Waals surface area contributed by atoms with E-state index in [2.05, 4.69) is 10.2 Å². The largest absolute Gasteiger partial charge is 0.326 e. The van der Waals surface area contributed by atoms with Crippen molar-refractivity contribution in [2.24, 2.45) is 5.92 Å². The summed E-state index contributed by atoms with van der Waals surface area (Å²) in [6, 6.07) is 16.2. The number of carbonyl (C=O) groups excluding carboxylic acids is 1. The summed E-state index contributed by atoms with van der Waals surface area (Å²) in [5, 5.41) is 2.98. The number of amides is 1. The summed E-state index contributed by atoms with van der Waals surface area (Å²) in [6.07, 6.45) is 1.89. The molecule has 2 aromatic rings. The maximum absolute atomic E-state index is 13.3. The second-order valence-electron chi connectivity index (χ2n) is 6.06. The summed E-state index contributed by atoms with van der Waals surface area (Å²) in [7, 11) is 0. The monoisotopic (exact) mass is 312 g/mol. The Hall–Kier alpha value is -2.20. The molecule has 1 aliphatic heterocycles. The molecular formula is C19H21FN2O. The summed E-state index contributed by atoms with van der Waals surface area (Å²) in [5.74, 6) is -0.157. The van der Waals surface area contributed by atoms with Gasteiger partial charge >= 0.3 is 0 Å². The summed E-state index contributed by atoms with van der Waals surface area (Å²) >= 11 is 0. The highest BCUT2D eigenvalue weighted by atomic mass is 19.1. The van der Waals surface area contributed by atoms with Crippen molar-refractivity contribution in [2.75, 3.05) is 18.4 Å². The number of likely N-dealkylation sites (tertiary alicyclic amines) is 1. The maximum Gasteiger partial charge on any atom is 0.228 e. The molecule has 1 heterocycles. The number of hydrogen-bond acceptors (Lipinski definition) is 2. The number of halogens is 1. The molecule has 23 heavy (non-hydrogen) atoms. The zero-order valence-corrected chi connectivity index (χ0v) is 13.0. The highest BCUT2D eigenvalue weighted by Gasteiger charge is 2.25. The van der Waals surface area contributed by atoms with Crippen LogP contribution in [-0.2, 0) is 11.3 Å². The third kappa shape index (κ3) is 4.39. The lowest BCUT2D eigenvalue weighted by atomic mass is 9.96. The van der Waals surface area contributed by atoms with Crippen molar-refractivity contribution in [1.29, 1.82) is 0 Å². The molecule has 1 unspecified atom stereocenters. The molecule has 0 spiro atoms. The van der Waals surface area contributed by atoms with Gasteiger partial charge in [0.25, 0.3) is 0 Å². The minimum absolute atomic E-state index is 0.0162. The van der Waals surface area contributed by atoms with Crippen LogP contribution in [-0.4, -0.2) is 23.9 Å². The minimum atomic E-state index is -0.210. The maximum atomic E-state index is 13.3. The van der Waals surface area contributed by atoms with E-state index in [0.717, 1.165) is 37.2 Å². The van der Waals surface area contributed by atoms with Crippen molar-refractivity contribution in [3.8, 4) is 0 Å². The van der Waals surface area contributed by atoms with Crippen LogP contribution in [0, 0.1) is 11.7 Å². The van der Waals surface area contributed by atoms with E-state index in [1.807, 2.05) is 36.4 Å². The molecule has 0 aliphatic carbocycles. The van der Waals surface area contributed by atoms with E-state index in [-0.39, 0.29) is 17.6 Å². The summed E-state index contributed by atoms with van der Waals surface area (Å²) in [4.78, 5) is 14.7.